The van der Waals surface area contributed by atoms with Crippen molar-refractivity contribution in [1.29, 1.82) is 0 Å². The number of nitrogens with two attached hydrogens (primary N) is 1. The first-order valence-corrected chi connectivity index (χ1v) is 6.57. The molecule has 2 heteroatoms. The Bertz CT molecular complexity index is 523. The predicted molar refractivity (Wildman–Crippen MR) is 72.1 cm³/mol. The third-order valence-electron chi connectivity index (χ3n) is 3.86. The number of rotatable bonds is 4. The minimum atomic E-state index is 0.437. The fourth-order valence-electron chi connectivity index (χ4n) is 2.55. The average Bonchev–Trinajstić information content (AvgIpc) is 3.08. The van der Waals surface area contributed by atoms with E-state index in [0.29, 0.717) is 12.5 Å². The van der Waals surface area contributed by atoms with Crippen molar-refractivity contribution in [3.63, 3.8) is 0 Å². The second-order valence-corrected chi connectivity index (χ2v) is 5.33. The molecule has 0 aliphatic heterocycles. The summed E-state index contributed by atoms with van der Waals surface area (Å²) in [6, 6.07) is 8.80. The molecule has 1 atom stereocenters. The van der Waals surface area contributed by atoms with Crippen molar-refractivity contribution in [1.82, 2.24) is 4.57 Å². The van der Waals surface area contributed by atoms with Crippen molar-refractivity contribution in [2.24, 2.45) is 11.7 Å². The smallest absolute Gasteiger partial charge is 0.0516 e. The molecular formula is C15H20N2. The molecule has 1 aromatic carbocycles. The lowest BCUT2D eigenvalue weighted by molar-refractivity contribution is 0.642. The fraction of sp³-hybridized carbons (Fsp3) is 0.467. The predicted octanol–water partition coefficient (Wildman–Crippen LogP) is 3.11. The second kappa shape index (κ2) is 4.19. The van der Waals surface area contributed by atoms with Crippen molar-refractivity contribution >= 4 is 10.9 Å². The van der Waals surface area contributed by atoms with E-state index in [4.69, 9.17) is 5.73 Å². The lowest BCUT2D eigenvalue weighted by Gasteiger charge is -2.14. The van der Waals surface area contributed by atoms with Crippen LogP contribution in [0.3, 0.4) is 0 Å². The summed E-state index contributed by atoms with van der Waals surface area (Å²) in [6.07, 6.45) is 5.03. The molecule has 1 saturated carbocycles. The largest absolute Gasteiger partial charge is 0.347 e. The molecule has 90 valence electrons. The van der Waals surface area contributed by atoms with Crippen LogP contribution in [0.25, 0.3) is 10.9 Å². The monoisotopic (exact) mass is 228 g/mol. The minimum absolute atomic E-state index is 0.437. The van der Waals surface area contributed by atoms with Gasteiger partial charge in [-0.25, -0.2) is 0 Å². The standard InChI is InChI=1S/C15H20N2/c1-11(9-16)14-4-2-3-13-7-8-17(15(13)14)10-12-5-6-12/h2-4,7-8,11-12H,5-6,9-10,16H2,1H3. The van der Waals surface area contributed by atoms with Gasteiger partial charge in [-0.2, -0.15) is 0 Å². The highest BCUT2D eigenvalue weighted by Gasteiger charge is 2.22. The summed E-state index contributed by atoms with van der Waals surface area (Å²) in [7, 11) is 0. The topological polar surface area (TPSA) is 30.9 Å². The summed E-state index contributed by atoms with van der Waals surface area (Å²) in [6.45, 7) is 4.11. The lowest BCUT2D eigenvalue weighted by Crippen LogP contribution is -2.10. The van der Waals surface area contributed by atoms with Gasteiger partial charge in [-0.1, -0.05) is 25.1 Å². The summed E-state index contributed by atoms with van der Waals surface area (Å²) < 4.78 is 2.43. The molecule has 0 radical (unpaired) electrons. The van der Waals surface area contributed by atoms with E-state index >= 15 is 0 Å². The van der Waals surface area contributed by atoms with Crippen molar-refractivity contribution in [3.8, 4) is 0 Å². The molecule has 17 heavy (non-hydrogen) atoms. The van der Waals surface area contributed by atoms with Crippen LogP contribution in [0.15, 0.2) is 30.5 Å². The van der Waals surface area contributed by atoms with Gasteiger partial charge in [0.15, 0.2) is 0 Å². The Labute approximate surface area is 102 Å². The molecule has 0 amide bonds. The number of benzene rings is 1. The Balaban J connectivity index is 2.09. The van der Waals surface area contributed by atoms with Crippen molar-refractivity contribution in [2.45, 2.75) is 32.2 Å². The number of fused-ring (bicyclic) bond motifs is 1. The van der Waals surface area contributed by atoms with Crippen LogP contribution in [0.5, 0.6) is 0 Å². The van der Waals surface area contributed by atoms with E-state index in [-0.39, 0.29) is 0 Å². The van der Waals surface area contributed by atoms with Crippen molar-refractivity contribution in [3.05, 3.63) is 36.0 Å². The average molecular weight is 228 g/mol. The van der Waals surface area contributed by atoms with E-state index in [9.17, 15) is 0 Å². The zero-order valence-corrected chi connectivity index (χ0v) is 10.4. The number of hydrogen-bond donors (Lipinski definition) is 1. The summed E-state index contributed by atoms with van der Waals surface area (Å²) in [5.41, 5.74) is 8.62. The molecule has 2 N–H and O–H groups in total. The number of hydrogen-bond acceptors (Lipinski definition) is 1. The van der Waals surface area contributed by atoms with Crippen molar-refractivity contribution in [2.75, 3.05) is 6.54 Å². The van der Waals surface area contributed by atoms with Gasteiger partial charge in [0.2, 0.25) is 0 Å². The summed E-state index contributed by atoms with van der Waals surface area (Å²) in [5.74, 6) is 1.35. The Hall–Kier alpha value is -1.28. The van der Waals surface area contributed by atoms with Gasteiger partial charge in [-0.15, -0.1) is 0 Å². The molecule has 2 aromatic rings. The third kappa shape index (κ3) is 1.98. The maximum absolute atomic E-state index is 5.82. The molecule has 1 unspecified atom stereocenters. The molecule has 2 nitrogen and oxygen atoms in total. The highest BCUT2D eigenvalue weighted by molar-refractivity contribution is 5.84. The Morgan fingerprint density at radius 3 is 2.88 bits per heavy atom. The Kier molecular flexibility index (Phi) is 2.67. The zero-order chi connectivity index (χ0) is 11.8. The first-order valence-electron chi connectivity index (χ1n) is 6.57. The maximum Gasteiger partial charge on any atom is 0.0516 e. The highest BCUT2D eigenvalue weighted by Crippen LogP contribution is 2.33. The molecule has 0 spiro atoms. The van der Waals surface area contributed by atoms with Crippen LogP contribution in [0, 0.1) is 5.92 Å². The van der Waals surface area contributed by atoms with Crippen LogP contribution in [0.4, 0.5) is 0 Å². The first-order chi connectivity index (χ1) is 8.29. The molecule has 1 heterocycles. The van der Waals surface area contributed by atoms with E-state index in [2.05, 4.69) is 42.0 Å². The van der Waals surface area contributed by atoms with Crippen LogP contribution < -0.4 is 5.73 Å². The van der Waals surface area contributed by atoms with Gasteiger partial charge >= 0.3 is 0 Å². The van der Waals surface area contributed by atoms with Gasteiger partial charge in [0, 0.05) is 12.7 Å². The van der Waals surface area contributed by atoms with Crippen LogP contribution in [-0.2, 0) is 6.54 Å². The van der Waals surface area contributed by atoms with E-state index in [1.165, 1.54) is 35.9 Å². The van der Waals surface area contributed by atoms with Crippen LogP contribution in [0.2, 0.25) is 0 Å². The van der Waals surface area contributed by atoms with Gasteiger partial charge in [-0.3, -0.25) is 0 Å². The number of aromatic nitrogens is 1. The quantitative estimate of drug-likeness (QED) is 0.856. The van der Waals surface area contributed by atoms with Crippen LogP contribution in [-0.4, -0.2) is 11.1 Å². The number of para-hydroxylation sites is 1. The van der Waals surface area contributed by atoms with E-state index in [1.54, 1.807) is 0 Å². The molecule has 0 saturated heterocycles. The SMILES string of the molecule is CC(CN)c1cccc2ccn(CC3CC3)c12. The number of nitrogens with zero attached hydrogens (tertiary/aromatic N) is 1. The van der Waals surface area contributed by atoms with Gasteiger partial charge in [0.25, 0.3) is 0 Å². The third-order valence-corrected chi connectivity index (χ3v) is 3.86. The summed E-state index contributed by atoms with van der Waals surface area (Å²) in [4.78, 5) is 0. The van der Waals surface area contributed by atoms with E-state index in [0.717, 1.165) is 5.92 Å². The fourth-order valence-corrected chi connectivity index (χ4v) is 2.55. The summed E-state index contributed by atoms with van der Waals surface area (Å²) in [5, 5.41) is 1.35. The molecular weight excluding hydrogens is 208 g/mol. The molecule has 3 rings (SSSR count). The molecule has 1 aromatic heterocycles. The molecule has 1 aliphatic carbocycles. The van der Waals surface area contributed by atoms with Gasteiger partial charge in [0.1, 0.15) is 0 Å². The van der Waals surface area contributed by atoms with Crippen molar-refractivity contribution < 1.29 is 0 Å². The van der Waals surface area contributed by atoms with Gasteiger partial charge < -0.3 is 10.3 Å². The van der Waals surface area contributed by atoms with E-state index < -0.39 is 0 Å². The van der Waals surface area contributed by atoms with E-state index in [1.807, 2.05) is 0 Å². The zero-order valence-electron chi connectivity index (χ0n) is 10.4. The normalized spacial score (nSPS) is 17.5. The second-order valence-electron chi connectivity index (χ2n) is 5.33. The lowest BCUT2D eigenvalue weighted by atomic mass is 9.99. The van der Waals surface area contributed by atoms with Crippen LogP contribution in [0.1, 0.15) is 31.2 Å². The minimum Gasteiger partial charge on any atom is -0.347 e. The molecule has 0 bridgehead atoms. The summed E-state index contributed by atoms with van der Waals surface area (Å²) >= 11 is 0. The van der Waals surface area contributed by atoms with Gasteiger partial charge in [0.05, 0.1) is 5.52 Å². The first kappa shape index (κ1) is 10.8. The van der Waals surface area contributed by atoms with Crippen LogP contribution >= 0.6 is 0 Å². The molecule has 1 aliphatic rings. The molecule has 1 fully saturated rings. The Morgan fingerprint density at radius 1 is 1.35 bits per heavy atom. The maximum atomic E-state index is 5.82. The highest BCUT2D eigenvalue weighted by atomic mass is 15.0. The Morgan fingerprint density at radius 2 is 2.18 bits per heavy atom. The van der Waals surface area contributed by atoms with Gasteiger partial charge in [-0.05, 0) is 48.2 Å².